The molecule has 5 aliphatic rings. The van der Waals surface area contributed by atoms with E-state index in [0.717, 1.165) is 17.5 Å². The average Bonchev–Trinajstić information content (AvgIpc) is 4.00. The first kappa shape index (κ1) is 40.9. The summed E-state index contributed by atoms with van der Waals surface area (Å²) in [6.45, 7) is 14.0. The maximum absolute atomic E-state index is 14.5. The molecule has 0 spiro atoms. The van der Waals surface area contributed by atoms with Crippen molar-refractivity contribution in [3.63, 3.8) is 0 Å². The van der Waals surface area contributed by atoms with E-state index in [1.165, 1.54) is 11.0 Å². The molecule has 1 saturated heterocycles. The second kappa shape index (κ2) is 15.6. The molecule has 55 heavy (non-hydrogen) atoms. The molecule has 3 aliphatic heterocycles. The number of sulfonamides is 1. The fraction of sp³-hybridized carbons (Fsp3) is 0.684. The summed E-state index contributed by atoms with van der Waals surface area (Å²) in [5, 5.41) is 16.2. The summed E-state index contributed by atoms with van der Waals surface area (Å²) >= 11 is 0. The molecule has 4 amide bonds. The minimum Gasteiger partial charge on any atom is -0.493 e. The van der Waals surface area contributed by atoms with Crippen LogP contribution in [0.3, 0.4) is 0 Å². The Balaban J connectivity index is 1.27. The van der Waals surface area contributed by atoms with Gasteiger partial charge in [-0.1, -0.05) is 39.0 Å². The summed E-state index contributed by atoms with van der Waals surface area (Å²) in [6, 6.07) is 3.36. The zero-order valence-electron chi connectivity index (χ0n) is 32.3. The maximum atomic E-state index is 14.5. The topological polar surface area (TPSA) is 202 Å². The van der Waals surface area contributed by atoms with Gasteiger partial charge in [-0.15, -0.1) is 6.58 Å². The van der Waals surface area contributed by atoms with Crippen LogP contribution in [0.1, 0.15) is 84.3 Å². The number of cyclic esters (lactones) is 1. The molecule has 4 N–H and O–H groups in total. The number of rotatable bonds is 6. The molecule has 2 saturated carbocycles. The van der Waals surface area contributed by atoms with E-state index in [2.05, 4.69) is 21.9 Å². The van der Waals surface area contributed by atoms with Gasteiger partial charge >= 0.3 is 6.09 Å². The van der Waals surface area contributed by atoms with E-state index in [4.69, 9.17) is 18.9 Å². The fourth-order valence-electron chi connectivity index (χ4n) is 7.36. The Kier molecular flexibility index (Phi) is 11.6. The molecule has 3 unspecified atom stereocenters. The highest BCUT2D eigenvalue weighted by molar-refractivity contribution is 7.91. The summed E-state index contributed by atoms with van der Waals surface area (Å²) in [7, 11) is -3.92. The molecule has 6 rings (SSSR count). The minimum atomic E-state index is -3.92. The molecule has 0 radical (unpaired) electrons. The highest BCUT2D eigenvalue weighted by Gasteiger charge is 2.62. The molecule has 17 heteroatoms. The van der Waals surface area contributed by atoms with Crippen molar-refractivity contribution in [2.75, 3.05) is 26.4 Å². The normalized spacial score (nSPS) is 31.8. The van der Waals surface area contributed by atoms with Crippen LogP contribution in [0, 0.1) is 11.3 Å². The summed E-state index contributed by atoms with van der Waals surface area (Å²) < 4.78 is 51.4. The van der Waals surface area contributed by atoms with Gasteiger partial charge in [-0.3, -0.25) is 19.1 Å². The van der Waals surface area contributed by atoms with Crippen molar-refractivity contribution in [3.05, 3.63) is 42.0 Å². The molecule has 1 aromatic carbocycles. The monoisotopic (exact) mass is 789 g/mol. The molecule has 2 aliphatic carbocycles. The molecule has 3 heterocycles. The number of fused-ring (bicyclic) bond motifs is 3. The van der Waals surface area contributed by atoms with Gasteiger partial charge in [0.15, 0.2) is 0 Å². The number of benzene rings is 1. The van der Waals surface area contributed by atoms with E-state index >= 15 is 0 Å². The Morgan fingerprint density at radius 1 is 1.09 bits per heavy atom. The van der Waals surface area contributed by atoms with Gasteiger partial charge in [0.25, 0.3) is 5.91 Å². The Bertz CT molecular complexity index is 1780. The predicted molar refractivity (Wildman–Crippen MR) is 198 cm³/mol. The van der Waals surface area contributed by atoms with E-state index in [0.29, 0.717) is 51.3 Å². The molecule has 304 valence electrons. The number of nitrogens with one attached hydrogen (secondary N) is 3. The van der Waals surface area contributed by atoms with Gasteiger partial charge in [-0.2, -0.15) is 0 Å². The summed E-state index contributed by atoms with van der Waals surface area (Å²) in [5.74, 6) is -2.03. The zero-order chi connectivity index (χ0) is 39.9. The van der Waals surface area contributed by atoms with Crippen LogP contribution in [0.4, 0.5) is 4.79 Å². The van der Waals surface area contributed by atoms with Crippen molar-refractivity contribution in [2.45, 2.75) is 127 Å². The highest BCUT2D eigenvalue weighted by Crippen LogP contribution is 2.45. The van der Waals surface area contributed by atoms with Crippen LogP contribution in [0.15, 0.2) is 30.9 Å². The third-order valence-corrected chi connectivity index (χ3v) is 12.7. The lowest BCUT2D eigenvalue weighted by atomic mass is 9.85. The van der Waals surface area contributed by atoms with Crippen LogP contribution in [-0.4, -0.2) is 114 Å². The van der Waals surface area contributed by atoms with Crippen molar-refractivity contribution in [1.82, 2.24) is 25.2 Å². The Morgan fingerprint density at radius 2 is 1.82 bits per heavy atom. The SMILES string of the molecule is C=C[C@H]1C[C@@]1(NC(=O)C1C[C@@H]2CN1C(=O)[C@H](C(C)(C)C)NC(=O)OCC(C)(C)OCCCCOc1cccc3c1CN(C3)C(O)O2)C(=O)NS(=O)(=O)C1CC1. The van der Waals surface area contributed by atoms with E-state index in [9.17, 15) is 32.7 Å². The molecule has 0 aromatic heterocycles. The number of amides is 4. The molecular weight excluding hydrogens is 735 g/mol. The molecule has 3 fully saturated rings. The van der Waals surface area contributed by atoms with Crippen molar-refractivity contribution >= 4 is 33.8 Å². The third kappa shape index (κ3) is 9.28. The van der Waals surface area contributed by atoms with Gasteiger partial charge in [0.1, 0.15) is 30.0 Å². The third-order valence-electron chi connectivity index (χ3n) is 10.9. The number of carbonyl (C=O) groups is 4. The lowest BCUT2D eigenvalue weighted by Crippen LogP contribution is -2.60. The minimum absolute atomic E-state index is 0.0621. The van der Waals surface area contributed by atoms with Crippen LogP contribution in [0.5, 0.6) is 5.75 Å². The summed E-state index contributed by atoms with van der Waals surface area (Å²) in [4.78, 5) is 58.5. The fourth-order valence-corrected chi connectivity index (χ4v) is 8.73. The van der Waals surface area contributed by atoms with Crippen LogP contribution in [0.2, 0.25) is 0 Å². The van der Waals surface area contributed by atoms with Gasteiger partial charge < -0.3 is 39.6 Å². The van der Waals surface area contributed by atoms with Crippen LogP contribution >= 0.6 is 0 Å². The second-order valence-electron chi connectivity index (χ2n) is 17.0. The number of nitrogens with zero attached hydrogens (tertiary/aromatic N) is 2. The lowest BCUT2D eigenvalue weighted by molar-refractivity contribution is -0.218. The van der Waals surface area contributed by atoms with Gasteiger partial charge in [0.2, 0.25) is 28.3 Å². The van der Waals surface area contributed by atoms with Crippen LogP contribution < -0.4 is 20.1 Å². The Labute approximate surface area is 322 Å². The van der Waals surface area contributed by atoms with Gasteiger partial charge in [0, 0.05) is 44.1 Å². The average molecular weight is 790 g/mol. The Morgan fingerprint density at radius 3 is 2.49 bits per heavy atom. The molecule has 16 nitrogen and oxygen atoms in total. The number of hydrogen-bond donors (Lipinski definition) is 4. The van der Waals surface area contributed by atoms with Gasteiger partial charge in [0.05, 0.1) is 23.6 Å². The van der Waals surface area contributed by atoms with Crippen molar-refractivity contribution in [1.29, 1.82) is 0 Å². The second-order valence-corrected chi connectivity index (χ2v) is 19.0. The molecule has 4 bridgehead atoms. The number of aliphatic hydroxyl groups excluding tert-OH is 1. The van der Waals surface area contributed by atoms with E-state index < -0.39 is 86.2 Å². The summed E-state index contributed by atoms with van der Waals surface area (Å²) in [5.41, 5.74) is -1.37. The number of aliphatic hydroxyl groups is 1. The van der Waals surface area contributed by atoms with Crippen LogP contribution in [0.25, 0.3) is 0 Å². The largest absolute Gasteiger partial charge is 0.493 e. The van der Waals surface area contributed by atoms with Crippen LogP contribution in [-0.2, 0) is 51.7 Å². The first-order valence-electron chi connectivity index (χ1n) is 19.0. The van der Waals surface area contributed by atoms with Crippen molar-refractivity contribution < 1.29 is 51.6 Å². The quantitative estimate of drug-likeness (QED) is 0.306. The first-order chi connectivity index (χ1) is 25.8. The Hall–Kier alpha value is -3.77. The van der Waals surface area contributed by atoms with E-state index in [-0.39, 0.29) is 26.0 Å². The van der Waals surface area contributed by atoms with Crippen molar-refractivity contribution in [3.8, 4) is 5.75 Å². The van der Waals surface area contributed by atoms with Crippen molar-refractivity contribution in [2.24, 2.45) is 11.3 Å². The van der Waals surface area contributed by atoms with E-state index in [1.54, 1.807) is 39.5 Å². The maximum Gasteiger partial charge on any atom is 0.407 e. The summed E-state index contributed by atoms with van der Waals surface area (Å²) in [6.07, 6.45) is 0.748. The molecular formula is C38H55N5O11S. The lowest BCUT2D eigenvalue weighted by Gasteiger charge is -2.35. The van der Waals surface area contributed by atoms with Gasteiger partial charge in [-0.05, 0) is 63.0 Å². The number of alkyl carbamates (subject to hydrolysis) is 1. The smallest absolute Gasteiger partial charge is 0.407 e. The van der Waals surface area contributed by atoms with Gasteiger partial charge in [-0.25, -0.2) is 18.1 Å². The standard InChI is InChI=1S/C38H55N5O11S/c1-7-24-18-38(24,33(46)41-55(49,50)26-13-14-26)40-31(44)28-17-25-20-43(28)32(45)30(36(2,3)4)39-34(47)52-22-37(5,6)53-16-9-8-15-51-29-12-10-11-23-19-42(21-27(23)29)35(48)54-25/h7,10-12,24-26,28,30,35,48H,1,8-9,13-22H2,2-6H3,(H,39,47)(H,40,44)(H,41,46)/t24-,25+,28?,30+,35?,38-/m0/s1. The number of hydrogen-bond acceptors (Lipinski definition) is 12. The first-order valence-corrected chi connectivity index (χ1v) is 20.6. The number of carbonyl (C=O) groups excluding carboxylic acids is 4. The van der Waals surface area contributed by atoms with E-state index in [1.807, 2.05) is 18.2 Å². The molecule has 1 aromatic rings. The number of ether oxygens (including phenoxy) is 4. The highest BCUT2D eigenvalue weighted by atomic mass is 32.2. The molecule has 7 atom stereocenters. The zero-order valence-corrected chi connectivity index (χ0v) is 33.1. The predicted octanol–water partition coefficient (Wildman–Crippen LogP) is 2.04.